The van der Waals surface area contributed by atoms with Gasteiger partial charge in [-0.25, -0.2) is 4.79 Å². The largest absolute Gasteiger partial charge is 0.504 e. The molecule has 2 unspecified atom stereocenters. The molecule has 0 spiro atoms. The number of aromatic hydroxyl groups is 6. The van der Waals surface area contributed by atoms with E-state index in [0.29, 0.717) is 0 Å². The fourth-order valence-corrected chi connectivity index (χ4v) is 5.22. The molecule has 0 radical (unpaired) electrons. The monoisotopic (exact) mass is 511 g/mol. The summed E-state index contributed by atoms with van der Waals surface area (Å²) in [6.45, 7) is 4.99. The highest BCUT2D eigenvalue weighted by atomic mass is 16.6. The van der Waals surface area contributed by atoms with Gasteiger partial charge in [0.25, 0.3) is 0 Å². The molecule has 4 rings (SSSR count). The molecule has 0 aromatic heterocycles. The van der Waals surface area contributed by atoms with Crippen molar-refractivity contribution < 1.29 is 49.7 Å². The Morgan fingerprint density at radius 2 is 1.49 bits per heavy atom. The summed E-state index contributed by atoms with van der Waals surface area (Å²) in [4.78, 5) is 26.0. The van der Waals surface area contributed by atoms with Crippen molar-refractivity contribution in [1.29, 1.82) is 5.26 Å². The first-order chi connectivity index (χ1) is 17.2. The molecule has 11 nitrogen and oxygen atoms in total. The number of hydrogen-bond acceptors (Lipinski definition) is 11. The van der Waals surface area contributed by atoms with Crippen LogP contribution in [-0.2, 0) is 14.3 Å². The molecule has 1 fully saturated rings. The second-order valence-electron chi connectivity index (χ2n) is 10.1. The molecule has 11 heteroatoms. The molecule has 1 aliphatic carbocycles. The third-order valence-electron chi connectivity index (χ3n) is 6.92. The molecular weight excluding hydrogens is 486 g/mol. The predicted octanol–water partition coefficient (Wildman–Crippen LogP) is 3.04. The van der Waals surface area contributed by atoms with Crippen molar-refractivity contribution in [3.63, 3.8) is 0 Å². The van der Waals surface area contributed by atoms with Gasteiger partial charge in [0.2, 0.25) is 0 Å². The number of esters is 1. The Morgan fingerprint density at radius 3 is 2.00 bits per heavy atom. The Hall–Kier alpha value is -4.43. The number of ketones is 1. The number of carbonyl (C=O) groups excluding carboxylic acids is 2. The maximum atomic E-state index is 13.0. The van der Waals surface area contributed by atoms with Crippen molar-refractivity contribution in [2.24, 2.45) is 10.8 Å². The number of fused-ring (bicyclic) bond motifs is 1. The Labute approximate surface area is 211 Å². The summed E-state index contributed by atoms with van der Waals surface area (Å²) in [7, 11) is 0. The van der Waals surface area contributed by atoms with Gasteiger partial charge in [0.15, 0.2) is 40.3 Å². The van der Waals surface area contributed by atoms with Crippen LogP contribution in [0.2, 0.25) is 0 Å². The summed E-state index contributed by atoms with van der Waals surface area (Å²) in [6.07, 6.45) is -1.58. The third kappa shape index (κ3) is 4.15. The summed E-state index contributed by atoms with van der Waals surface area (Å²) in [6, 6.07) is 5.94. The van der Waals surface area contributed by atoms with Gasteiger partial charge in [-0.3, -0.25) is 4.79 Å². The number of ether oxygens (including phenoxy) is 2. The van der Waals surface area contributed by atoms with Gasteiger partial charge in [-0.05, 0) is 50.1 Å². The molecule has 0 saturated carbocycles. The van der Waals surface area contributed by atoms with Crippen LogP contribution in [0.5, 0.6) is 34.5 Å². The maximum Gasteiger partial charge on any atom is 0.338 e. The molecule has 1 aliphatic heterocycles. The first-order valence-corrected chi connectivity index (χ1v) is 11.2. The van der Waals surface area contributed by atoms with Gasteiger partial charge < -0.3 is 40.1 Å². The van der Waals surface area contributed by atoms with Crippen LogP contribution in [0.4, 0.5) is 0 Å². The molecule has 4 atom stereocenters. The molecule has 1 heterocycles. The van der Waals surface area contributed by atoms with Gasteiger partial charge in [0.1, 0.15) is 18.3 Å². The molecule has 0 bridgehead atoms. The van der Waals surface area contributed by atoms with Crippen molar-refractivity contribution >= 4 is 11.8 Å². The number of carbonyl (C=O) groups is 2. The number of phenols is 6. The van der Waals surface area contributed by atoms with Crippen molar-refractivity contribution in [1.82, 2.24) is 0 Å². The van der Waals surface area contributed by atoms with E-state index in [1.54, 1.807) is 20.8 Å². The van der Waals surface area contributed by atoms with Crippen LogP contribution in [0.15, 0.2) is 35.9 Å². The minimum Gasteiger partial charge on any atom is -0.504 e. The van der Waals surface area contributed by atoms with Gasteiger partial charge in [-0.2, -0.15) is 5.26 Å². The maximum absolute atomic E-state index is 13.0. The SMILES string of the molecule is CC12C=C(C#N)C(=O)C(C)(C)C1O[C@H](c1cc(O)c(O)c(O)c1)[C@@H](OC(=O)c1cc(O)c(O)c(O)c1)C2. The van der Waals surface area contributed by atoms with Gasteiger partial charge in [-0.15, -0.1) is 0 Å². The Kier molecular flexibility index (Phi) is 5.96. The minimum atomic E-state index is -1.17. The van der Waals surface area contributed by atoms with E-state index in [1.807, 2.05) is 6.07 Å². The fraction of sp³-hybridized carbons (Fsp3) is 0.346. The van der Waals surface area contributed by atoms with Crippen molar-refractivity contribution in [2.45, 2.75) is 45.5 Å². The lowest BCUT2D eigenvalue weighted by molar-refractivity contribution is -0.205. The van der Waals surface area contributed by atoms with E-state index in [0.717, 1.165) is 24.3 Å². The second kappa shape index (κ2) is 8.60. The quantitative estimate of drug-likeness (QED) is 0.261. The molecular formula is C26H25NO10. The number of hydrogen-bond donors (Lipinski definition) is 6. The predicted molar refractivity (Wildman–Crippen MR) is 125 cm³/mol. The van der Waals surface area contributed by atoms with E-state index in [4.69, 9.17) is 9.47 Å². The second-order valence-corrected chi connectivity index (χ2v) is 10.1. The zero-order valence-electron chi connectivity index (χ0n) is 20.1. The zero-order valence-corrected chi connectivity index (χ0v) is 20.1. The molecule has 2 aromatic carbocycles. The average molecular weight is 511 g/mol. The van der Waals surface area contributed by atoms with E-state index < -0.39 is 75.4 Å². The summed E-state index contributed by atoms with van der Waals surface area (Å²) in [5, 5.41) is 68.7. The standard InChI is InChI=1S/C26H25NO10/c1-25(2)22(34)13(10-27)8-26(3)9-18(36-23(35)12-6-16(30)20(33)17(31)7-12)21(37-24(25)26)11-4-14(28)19(32)15(29)5-11/h4-8,18,21,24,28-33H,9H2,1-3H3/t18-,21+,24?,26?/m0/s1. The lowest BCUT2D eigenvalue weighted by Crippen LogP contribution is -2.58. The molecule has 1 saturated heterocycles. The van der Waals surface area contributed by atoms with E-state index in [9.17, 15) is 45.5 Å². The molecule has 37 heavy (non-hydrogen) atoms. The van der Waals surface area contributed by atoms with E-state index in [1.165, 1.54) is 6.08 Å². The van der Waals surface area contributed by atoms with Crippen LogP contribution >= 0.6 is 0 Å². The smallest absolute Gasteiger partial charge is 0.338 e. The topological polar surface area (TPSA) is 198 Å². The van der Waals surface area contributed by atoms with Crippen molar-refractivity contribution in [3.8, 4) is 40.6 Å². The number of phenolic OH excluding ortho intramolecular Hbond substituents is 6. The van der Waals surface area contributed by atoms with Crippen molar-refractivity contribution in [3.05, 3.63) is 47.0 Å². The lowest BCUT2D eigenvalue weighted by atomic mass is 9.59. The zero-order chi connectivity index (χ0) is 27.4. The lowest BCUT2D eigenvalue weighted by Gasteiger charge is -2.53. The first kappa shape index (κ1) is 25.7. The van der Waals surface area contributed by atoms with Gasteiger partial charge in [0, 0.05) is 5.41 Å². The number of Topliss-reactive ketones (excluding diaryl/α,β-unsaturated/α-hetero) is 1. The summed E-state index contributed by atoms with van der Waals surface area (Å²) in [5.41, 5.74) is -2.37. The minimum absolute atomic E-state index is 0.0361. The summed E-state index contributed by atoms with van der Waals surface area (Å²) < 4.78 is 12.0. The number of nitrogens with zero attached hydrogens (tertiary/aromatic N) is 1. The van der Waals surface area contributed by atoms with Crippen LogP contribution in [0.25, 0.3) is 0 Å². The molecule has 194 valence electrons. The van der Waals surface area contributed by atoms with E-state index in [2.05, 4.69) is 0 Å². The third-order valence-corrected chi connectivity index (χ3v) is 6.92. The first-order valence-electron chi connectivity index (χ1n) is 11.2. The van der Waals surface area contributed by atoms with Crippen LogP contribution < -0.4 is 0 Å². The van der Waals surface area contributed by atoms with Crippen LogP contribution in [0.1, 0.15) is 49.2 Å². The van der Waals surface area contributed by atoms with Crippen LogP contribution in [0, 0.1) is 22.2 Å². The highest BCUT2D eigenvalue weighted by Gasteiger charge is 2.58. The Balaban J connectivity index is 1.80. The molecule has 0 amide bonds. The number of nitriles is 1. The number of benzene rings is 2. The van der Waals surface area contributed by atoms with Crippen molar-refractivity contribution in [2.75, 3.05) is 0 Å². The van der Waals surface area contributed by atoms with Crippen LogP contribution in [-0.4, -0.2) is 54.6 Å². The molecule has 2 aromatic rings. The summed E-state index contributed by atoms with van der Waals surface area (Å²) >= 11 is 0. The molecule has 2 aliphatic rings. The average Bonchev–Trinajstić information content (AvgIpc) is 2.82. The van der Waals surface area contributed by atoms with E-state index in [-0.39, 0.29) is 23.1 Å². The highest BCUT2D eigenvalue weighted by Crippen LogP contribution is 2.55. The normalized spacial score (nSPS) is 26.5. The Bertz CT molecular complexity index is 1340. The van der Waals surface area contributed by atoms with E-state index >= 15 is 0 Å². The Morgan fingerprint density at radius 1 is 0.973 bits per heavy atom. The number of allylic oxidation sites excluding steroid dienone is 1. The highest BCUT2D eigenvalue weighted by molar-refractivity contribution is 6.04. The fourth-order valence-electron chi connectivity index (χ4n) is 5.22. The molecule has 6 N–H and O–H groups in total. The van der Waals surface area contributed by atoms with Gasteiger partial charge >= 0.3 is 5.97 Å². The van der Waals surface area contributed by atoms with Gasteiger partial charge in [-0.1, -0.05) is 13.0 Å². The number of rotatable bonds is 3. The van der Waals surface area contributed by atoms with Gasteiger partial charge in [0.05, 0.1) is 22.7 Å². The van der Waals surface area contributed by atoms with Crippen LogP contribution in [0.3, 0.4) is 0 Å². The summed E-state index contributed by atoms with van der Waals surface area (Å²) in [5.74, 6) is -5.83.